The van der Waals surface area contributed by atoms with Crippen LogP contribution in [0.25, 0.3) is 27.7 Å². The summed E-state index contributed by atoms with van der Waals surface area (Å²) in [4.78, 5) is 18.6. The van der Waals surface area contributed by atoms with Crippen molar-refractivity contribution in [3.8, 4) is 16.8 Å². The first-order valence-corrected chi connectivity index (χ1v) is 11.1. The average Bonchev–Trinajstić information content (AvgIpc) is 3.35. The Morgan fingerprint density at radius 1 is 1.20 bits per heavy atom. The van der Waals surface area contributed by atoms with Crippen LogP contribution in [0.1, 0.15) is 27.3 Å². The Balaban J connectivity index is 1.68. The summed E-state index contributed by atoms with van der Waals surface area (Å²) < 4.78 is 2.44. The number of carbonyl (C=O) groups is 1. The fraction of sp³-hybridized carbons (Fsp3) is 0.250. The van der Waals surface area contributed by atoms with E-state index >= 15 is 0 Å². The van der Waals surface area contributed by atoms with Crippen LogP contribution in [0.5, 0.6) is 0 Å². The van der Waals surface area contributed by atoms with Crippen LogP contribution < -0.4 is 5.32 Å². The van der Waals surface area contributed by atoms with Crippen molar-refractivity contribution < 1.29 is 4.79 Å². The molecule has 0 saturated carbocycles. The van der Waals surface area contributed by atoms with E-state index in [9.17, 15) is 4.79 Å². The van der Waals surface area contributed by atoms with Crippen molar-refractivity contribution >= 4 is 28.1 Å². The predicted octanol–water partition coefficient (Wildman–Crippen LogP) is 4.41. The highest BCUT2D eigenvalue weighted by molar-refractivity contribution is 7.08. The molecule has 4 aromatic rings. The van der Waals surface area contributed by atoms with Gasteiger partial charge in [-0.1, -0.05) is 17.7 Å². The quantitative estimate of drug-likeness (QED) is 0.538. The first-order valence-electron chi connectivity index (χ1n) is 10.1. The second kappa shape index (κ2) is 7.38. The number of carbonyl (C=O) groups excluding carboxylic acids is 1. The number of pyridine rings is 1. The Hall–Kier alpha value is -2.96. The second-order valence-electron chi connectivity index (χ2n) is 7.95. The fourth-order valence-corrected chi connectivity index (χ4v) is 5.20. The van der Waals surface area contributed by atoms with Gasteiger partial charge in [-0.3, -0.25) is 9.78 Å². The van der Waals surface area contributed by atoms with Gasteiger partial charge in [-0.2, -0.15) is 0 Å². The molecule has 1 N–H and O–H groups in total. The van der Waals surface area contributed by atoms with Gasteiger partial charge >= 0.3 is 0 Å². The van der Waals surface area contributed by atoms with Crippen molar-refractivity contribution in [2.45, 2.75) is 19.9 Å². The predicted molar refractivity (Wildman–Crippen MR) is 123 cm³/mol. The lowest BCUT2D eigenvalue weighted by atomic mass is 10.0. The average molecular weight is 417 g/mol. The van der Waals surface area contributed by atoms with Crippen molar-refractivity contribution in [1.82, 2.24) is 19.8 Å². The molecule has 0 fully saturated rings. The number of aromatic nitrogens is 2. The van der Waals surface area contributed by atoms with Crippen molar-refractivity contribution in [2.75, 3.05) is 20.6 Å². The molecule has 5 nitrogen and oxygen atoms in total. The Morgan fingerprint density at radius 3 is 2.83 bits per heavy atom. The number of nitrogens with one attached hydrogen (secondary N) is 1. The van der Waals surface area contributed by atoms with Crippen molar-refractivity contribution in [3.05, 3.63) is 69.8 Å². The molecule has 1 aromatic carbocycles. The van der Waals surface area contributed by atoms with Crippen molar-refractivity contribution in [1.29, 1.82) is 0 Å². The van der Waals surface area contributed by atoms with Gasteiger partial charge in [-0.15, -0.1) is 11.3 Å². The third-order valence-electron chi connectivity index (χ3n) is 5.91. The van der Waals surface area contributed by atoms with Crippen LogP contribution in [0.3, 0.4) is 0 Å². The molecule has 152 valence electrons. The Morgan fingerprint density at radius 2 is 2.07 bits per heavy atom. The summed E-state index contributed by atoms with van der Waals surface area (Å²) in [5, 5.41) is 8.37. The van der Waals surface area contributed by atoms with E-state index in [0.717, 1.165) is 30.6 Å². The van der Waals surface area contributed by atoms with Crippen LogP contribution in [0.4, 0.5) is 0 Å². The zero-order chi connectivity index (χ0) is 20.8. The van der Waals surface area contributed by atoms with E-state index in [1.165, 1.54) is 33.4 Å². The second-order valence-corrected chi connectivity index (χ2v) is 8.69. The van der Waals surface area contributed by atoms with Gasteiger partial charge in [0.05, 0.1) is 11.2 Å². The molecule has 1 amide bonds. The molecule has 4 heterocycles. The normalized spacial score (nSPS) is 14.1. The highest BCUT2D eigenvalue weighted by Gasteiger charge is 2.24. The van der Waals surface area contributed by atoms with E-state index in [1.54, 1.807) is 30.6 Å². The summed E-state index contributed by atoms with van der Waals surface area (Å²) in [6.07, 6.45) is 2.83. The maximum absolute atomic E-state index is 11.8. The SMILES string of the molecule is CNC(=O)c1ccc(-c2cscc2-n2c3c(c4cc(C)ccc42)CN(C)CC3)cn1. The summed E-state index contributed by atoms with van der Waals surface area (Å²) in [6.45, 7) is 4.19. The molecule has 0 spiro atoms. The first-order chi connectivity index (χ1) is 14.6. The third kappa shape index (κ3) is 3.04. The monoisotopic (exact) mass is 416 g/mol. The minimum absolute atomic E-state index is 0.169. The van der Waals surface area contributed by atoms with Crippen LogP contribution in [0.2, 0.25) is 0 Å². The topological polar surface area (TPSA) is 50.2 Å². The largest absolute Gasteiger partial charge is 0.354 e. The molecule has 3 aromatic heterocycles. The number of hydrogen-bond donors (Lipinski definition) is 1. The molecule has 0 unspecified atom stereocenters. The summed E-state index contributed by atoms with van der Waals surface area (Å²) in [6, 6.07) is 10.5. The molecular formula is C24H24N4OS. The summed E-state index contributed by atoms with van der Waals surface area (Å²) >= 11 is 1.70. The highest BCUT2D eigenvalue weighted by Crippen LogP contribution is 2.38. The van der Waals surface area contributed by atoms with E-state index in [1.807, 2.05) is 6.07 Å². The number of benzene rings is 1. The van der Waals surface area contributed by atoms with E-state index in [4.69, 9.17) is 0 Å². The van der Waals surface area contributed by atoms with Gasteiger partial charge in [0.2, 0.25) is 0 Å². The smallest absolute Gasteiger partial charge is 0.269 e. The standard InChI is InChI=1S/C24H24N4OS/c1-15-4-7-21-17(10-15)18-12-27(3)9-8-22(18)28(21)23-14-30-13-19(23)16-5-6-20(26-11-16)24(29)25-2/h4-7,10-11,13-14H,8-9,12H2,1-3H3,(H,25,29). The Kier molecular flexibility index (Phi) is 4.68. The summed E-state index contributed by atoms with van der Waals surface area (Å²) in [5.41, 5.74) is 9.18. The first kappa shape index (κ1) is 19.0. The van der Waals surface area contributed by atoms with Gasteiger partial charge in [0, 0.05) is 65.7 Å². The van der Waals surface area contributed by atoms with Gasteiger partial charge in [-0.05, 0) is 37.7 Å². The van der Waals surface area contributed by atoms with E-state index < -0.39 is 0 Å². The number of amides is 1. The van der Waals surface area contributed by atoms with Crippen molar-refractivity contribution in [3.63, 3.8) is 0 Å². The molecule has 5 rings (SSSR count). The number of hydrogen-bond acceptors (Lipinski definition) is 4. The van der Waals surface area contributed by atoms with E-state index in [2.05, 4.69) is 62.7 Å². The molecule has 0 aliphatic carbocycles. The van der Waals surface area contributed by atoms with Gasteiger partial charge < -0.3 is 14.8 Å². The van der Waals surface area contributed by atoms with Crippen molar-refractivity contribution in [2.24, 2.45) is 0 Å². The summed E-state index contributed by atoms with van der Waals surface area (Å²) in [5.74, 6) is -0.169. The summed E-state index contributed by atoms with van der Waals surface area (Å²) in [7, 11) is 3.81. The zero-order valence-electron chi connectivity index (χ0n) is 17.4. The van der Waals surface area contributed by atoms with Crippen LogP contribution in [0, 0.1) is 6.92 Å². The molecule has 0 atom stereocenters. The van der Waals surface area contributed by atoms with Gasteiger partial charge in [-0.25, -0.2) is 0 Å². The van der Waals surface area contributed by atoms with E-state index in [-0.39, 0.29) is 5.91 Å². The lowest BCUT2D eigenvalue weighted by Crippen LogP contribution is -2.27. The molecule has 1 aliphatic heterocycles. The molecule has 0 radical (unpaired) electrons. The van der Waals surface area contributed by atoms with Gasteiger partial charge in [0.15, 0.2) is 0 Å². The molecule has 6 heteroatoms. The number of fused-ring (bicyclic) bond motifs is 3. The Bertz CT molecular complexity index is 1250. The molecule has 30 heavy (non-hydrogen) atoms. The van der Waals surface area contributed by atoms with E-state index in [0.29, 0.717) is 5.69 Å². The highest BCUT2D eigenvalue weighted by atomic mass is 32.1. The number of thiophene rings is 1. The lowest BCUT2D eigenvalue weighted by molar-refractivity contribution is 0.0958. The zero-order valence-corrected chi connectivity index (χ0v) is 18.2. The molecular weight excluding hydrogens is 392 g/mol. The fourth-order valence-electron chi connectivity index (χ4n) is 4.38. The maximum Gasteiger partial charge on any atom is 0.269 e. The number of likely N-dealkylation sites (N-methyl/N-ethyl adjacent to an activating group) is 1. The number of aryl methyl sites for hydroxylation is 1. The van der Waals surface area contributed by atoms with Gasteiger partial charge in [0.25, 0.3) is 5.91 Å². The minimum Gasteiger partial charge on any atom is -0.354 e. The Labute approximate surface area is 180 Å². The van der Waals surface area contributed by atoms with Crippen LogP contribution >= 0.6 is 11.3 Å². The third-order valence-corrected chi connectivity index (χ3v) is 6.64. The minimum atomic E-state index is -0.169. The number of rotatable bonds is 3. The van der Waals surface area contributed by atoms with Crippen LogP contribution in [-0.4, -0.2) is 41.0 Å². The maximum atomic E-state index is 11.8. The van der Waals surface area contributed by atoms with Gasteiger partial charge in [0.1, 0.15) is 5.69 Å². The number of nitrogens with zero attached hydrogens (tertiary/aromatic N) is 3. The van der Waals surface area contributed by atoms with Crippen LogP contribution in [-0.2, 0) is 13.0 Å². The molecule has 1 aliphatic rings. The lowest BCUT2D eigenvalue weighted by Gasteiger charge is -2.24. The molecule has 0 saturated heterocycles. The molecule has 0 bridgehead atoms. The van der Waals surface area contributed by atoms with Crippen LogP contribution in [0.15, 0.2) is 47.3 Å².